The van der Waals surface area contributed by atoms with E-state index in [0.717, 1.165) is 23.4 Å². The van der Waals surface area contributed by atoms with Crippen molar-refractivity contribution >= 4 is 16.9 Å². The fraction of sp³-hybridized carbons (Fsp3) is 0.333. The van der Waals surface area contributed by atoms with E-state index in [2.05, 4.69) is 48.9 Å². The molecule has 1 N–H and O–H groups in total. The molecule has 4 heteroatoms. The number of nitrogens with one attached hydrogen (secondary N) is 1. The highest BCUT2D eigenvalue weighted by molar-refractivity contribution is 5.77. The molecular formula is C21H25N3O. The molecule has 0 spiro atoms. The van der Waals surface area contributed by atoms with Crippen LogP contribution < -0.4 is 5.32 Å². The predicted octanol–water partition coefficient (Wildman–Crippen LogP) is 4.21. The second-order valence-corrected chi connectivity index (χ2v) is 6.84. The van der Waals surface area contributed by atoms with Crippen molar-refractivity contribution in [1.82, 2.24) is 14.9 Å². The lowest BCUT2D eigenvalue weighted by Gasteiger charge is -2.18. The summed E-state index contributed by atoms with van der Waals surface area (Å²) in [6.45, 7) is 10.7. The Kier molecular flexibility index (Phi) is 4.62. The molecule has 130 valence electrons. The average Bonchev–Trinajstić information content (AvgIpc) is 2.89. The van der Waals surface area contributed by atoms with Crippen LogP contribution in [0.3, 0.4) is 0 Å². The Bertz CT molecular complexity index is 916. The fourth-order valence-corrected chi connectivity index (χ4v) is 3.58. The third-order valence-corrected chi connectivity index (χ3v) is 4.65. The van der Waals surface area contributed by atoms with Gasteiger partial charge >= 0.3 is 0 Å². The number of benzene rings is 2. The van der Waals surface area contributed by atoms with Gasteiger partial charge in [-0.05, 0) is 56.5 Å². The van der Waals surface area contributed by atoms with E-state index >= 15 is 0 Å². The number of aromatic nitrogens is 2. The molecule has 1 unspecified atom stereocenters. The van der Waals surface area contributed by atoms with Crippen LogP contribution in [0.1, 0.15) is 48.0 Å². The minimum atomic E-state index is -0.143. The van der Waals surface area contributed by atoms with Crippen molar-refractivity contribution in [2.75, 3.05) is 0 Å². The van der Waals surface area contributed by atoms with Crippen LogP contribution >= 0.6 is 0 Å². The van der Waals surface area contributed by atoms with Crippen molar-refractivity contribution in [3.05, 3.63) is 64.5 Å². The molecule has 1 atom stereocenters. The SMILES string of the molecule is CC(=O)NC(C)c1nc2ccccc2n1Cc1c(C)cc(C)cc1C. The number of hydrogen-bond donors (Lipinski definition) is 1. The second-order valence-electron chi connectivity index (χ2n) is 6.84. The van der Waals surface area contributed by atoms with E-state index in [-0.39, 0.29) is 11.9 Å². The first kappa shape index (κ1) is 17.2. The summed E-state index contributed by atoms with van der Waals surface area (Å²) >= 11 is 0. The largest absolute Gasteiger partial charge is 0.347 e. The Morgan fingerprint density at radius 3 is 2.44 bits per heavy atom. The molecule has 0 aliphatic carbocycles. The van der Waals surface area contributed by atoms with Gasteiger partial charge in [-0.2, -0.15) is 0 Å². The maximum absolute atomic E-state index is 11.5. The van der Waals surface area contributed by atoms with Gasteiger partial charge in [-0.25, -0.2) is 4.98 Å². The molecule has 3 rings (SSSR count). The summed E-state index contributed by atoms with van der Waals surface area (Å²) in [4.78, 5) is 16.3. The zero-order valence-corrected chi connectivity index (χ0v) is 15.6. The molecule has 4 nitrogen and oxygen atoms in total. The number of nitrogens with zero attached hydrogens (tertiary/aromatic N) is 2. The Labute approximate surface area is 148 Å². The van der Waals surface area contributed by atoms with Crippen molar-refractivity contribution < 1.29 is 4.79 Å². The van der Waals surface area contributed by atoms with E-state index in [1.54, 1.807) is 0 Å². The van der Waals surface area contributed by atoms with Gasteiger partial charge in [0, 0.05) is 13.5 Å². The molecule has 2 aromatic carbocycles. The Morgan fingerprint density at radius 1 is 1.16 bits per heavy atom. The van der Waals surface area contributed by atoms with Crippen LogP contribution in [0.15, 0.2) is 36.4 Å². The zero-order valence-electron chi connectivity index (χ0n) is 15.6. The monoisotopic (exact) mass is 335 g/mol. The molecule has 0 bridgehead atoms. The number of amides is 1. The van der Waals surface area contributed by atoms with Gasteiger partial charge in [-0.3, -0.25) is 4.79 Å². The Balaban J connectivity index is 2.13. The van der Waals surface area contributed by atoms with Gasteiger partial charge < -0.3 is 9.88 Å². The quantitative estimate of drug-likeness (QED) is 0.776. The molecule has 0 fully saturated rings. The van der Waals surface area contributed by atoms with Gasteiger partial charge in [0.05, 0.1) is 17.1 Å². The highest BCUT2D eigenvalue weighted by Crippen LogP contribution is 2.25. The summed E-state index contributed by atoms with van der Waals surface area (Å²) < 4.78 is 2.22. The highest BCUT2D eigenvalue weighted by atomic mass is 16.1. The first-order valence-corrected chi connectivity index (χ1v) is 8.66. The molecule has 0 saturated heterocycles. The second kappa shape index (κ2) is 6.71. The van der Waals surface area contributed by atoms with Crippen LogP contribution in [0.5, 0.6) is 0 Å². The van der Waals surface area contributed by atoms with Crippen molar-refractivity contribution in [2.45, 2.75) is 47.2 Å². The lowest BCUT2D eigenvalue weighted by atomic mass is 9.99. The lowest BCUT2D eigenvalue weighted by molar-refractivity contribution is -0.119. The van der Waals surface area contributed by atoms with Gasteiger partial charge in [0.2, 0.25) is 5.91 Å². The summed E-state index contributed by atoms with van der Waals surface area (Å²) in [7, 11) is 0. The average molecular weight is 335 g/mol. The molecule has 3 aromatic rings. The maximum Gasteiger partial charge on any atom is 0.217 e. The summed E-state index contributed by atoms with van der Waals surface area (Å²) in [6, 6.07) is 12.4. The molecule has 0 saturated carbocycles. The van der Waals surface area contributed by atoms with E-state index < -0.39 is 0 Å². The number of para-hydroxylation sites is 2. The van der Waals surface area contributed by atoms with Crippen LogP contribution in [0.25, 0.3) is 11.0 Å². The normalized spacial score (nSPS) is 12.4. The van der Waals surface area contributed by atoms with E-state index in [9.17, 15) is 4.79 Å². The zero-order chi connectivity index (χ0) is 18.1. The first-order valence-electron chi connectivity index (χ1n) is 8.66. The van der Waals surface area contributed by atoms with Crippen LogP contribution in [0.2, 0.25) is 0 Å². The van der Waals surface area contributed by atoms with E-state index in [1.165, 1.54) is 29.2 Å². The van der Waals surface area contributed by atoms with E-state index in [1.807, 2.05) is 25.1 Å². The Morgan fingerprint density at radius 2 is 1.80 bits per heavy atom. The van der Waals surface area contributed by atoms with Crippen molar-refractivity contribution in [3.8, 4) is 0 Å². The van der Waals surface area contributed by atoms with E-state index in [4.69, 9.17) is 4.98 Å². The number of hydrogen-bond acceptors (Lipinski definition) is 2. The molecule has 1 aromatic heterocycles. The number of carbonyl (C=O) groups excluding carboxylic acids is 1. The maximum atomic E-state index is 11.5. The van der Waals surface area contributed by atoms with Crippen molar-refractivity contribution in [1.29, 1.82) is 0 Å². The molecule has 0 aliphatic heterocycles. The Hall–Kier alpha value is -2.62. The third kappa shape index (κ3) is 3.43. The van der Waals surface area contributed by atoms with Crippen LogP contribution in [-0.4, -0.2) is 15.5 Å². The fourth-order valence-electron chi connectivity index (χ4n) is 3.58. The van der Waals surface area contributed by atoms with Gasteiger partial charge in [0.15, 0.2) is 0 Å². The summed E-state index contributed by atoms with van der Waals surface area (Å²) in [5.41, 5.74) is 7.21. The van der Waals surface area contributed by atoms with Crippen molar-refractivity contribution in [2.24, 2.45) is 0 Å². The third-order valence-electron chi connectivity index (χ3n) is 4.65. The minimum Gasteiger partial charge on any atom is -0.347 e. The van der Waals surface area contributed by atoms with Gasteiger partial charge in [-0.1, -0.05) is 29.8 Å². The van der Waals surface area contributed by atoms with Gasteiger partial charge in [-0.15, -0.1) is 0 Å². The predicted molar refractivity (Wildman–Crippen MR) is 102 cm³/mol. The molecule has 1 amide bonds. The topological polar surface area (TPSA) is 46.9 Å². The summed E-state index contributed by atoms with van der Waals surface area (Å²) in [5, 5.41) is 2.96. The molecule has 0 aliphatic rings. The smallest absolute Gasteiger partial charge is 0.217 e. The standard InChI is InChI=1S/C21H25N3O/c1-13-10-14(2)18(15(3)11-13)12-24-20-9-7-6-8-19(20)23-21(24)16(4)22-17(5)25/h6-11,16H,12H2,1-5H3,(H,22,25). The van der Waals surface area contributed by atoms with E-state index in [0.29, 0.717) is 0 Å². The lowest BCUT2D eigenvalue weighted by Crippen LogP contribution is -2.26. The van der Waals surface area contributed by atoms with Crippen LogP contribution in [0, 0.1) is 20.8 Å². The van der Waals surface area contributed by atoms with Crippen LogP contribution in [-0.2, 0) is 11.3 Å². The van der Waals surface area contributed by atoms with Gasteiger partial charge in [0.1, 0.15) is 5.82 Å². The molecule has 25 heavy (non-hydrogen) atoms. The number of aryl methyl sites for hydroxylation is 3. The number of imidazole rings is 1. The highest BCUT2D eigenvalue weighted by Gasteiger charge is 2.18. The molecule has 1 heterocycles. The number of rotatable bonds is 4. The number of carbonyl (C=O) groups is 1. The molecular weight excluding hydrogens is 310 g/mol. The van der Waals surface area contributed by atoms with Crippen molar-refractivity contribution in [3.63, 3.8) is 0 Å². The number of fused-ring (bicyclic) bond motifs is 1. The van der Waals surface area contributed by atoms with Crippen LogP contribution in [0.4, 0.5) is 0 Å². The summed E-state index contributed by atoms with van der Waals surface area (Å²) in [5.74, 6) is 0.838. The first-order chi connectivity index (χ1) is 11.9. The summed E-state index contributed by atoms with van der Waals surface area (Å²) in [6.07, 6.45) is 0. The molecule has 0 radical (unpaired) electrons. The minimum absolute atomic E-state index is 0.0474. The van der Waals surface area contributed by atoms with Gasteiger partial charge in [0.25, 0.3) is 0 Å².